The molecule has 1 rings (SSSR count). The summed E-state index contributed by atoms with van der Waals surface area (Å²) in [4.78, 5) is 0. The Morgan fingerprint density at radius 3 is 2.50 bits per heavy atom. The second-order valence-corrected chi connectivity index (χ2v) is 3.71. The van der Waals surface area contributed by atoms with Crippen LogP contribution in [0.25, 0.3) is 0 Å². The van der Waals surface area contributed by atoms with E-state index in [2.05, 4.69) is 0 Å². The third-order valence-electron chi connectivity index (χ3n) is 1.77. The molecule has 0 atom stereocenters. The number of hydrogen-bond acceptors (Lipinski definition) is 2. The smallest absolute Gasteiger partial charge is 0.398 e. The molecule has 0 unspecified atom stereocenters. The van der Waals surface area contributed by atoms with Gasteiger partial charge in [0.05, 0.1) is 5.56 Å². The Hall–Kier alpha value is -0.840. The van der Waals surface area contributed by atoms with Gasteiger partial charge in [-0.25, -0.2) is 0 Å². The van der Waals surface area contributed by atoms with Crippen LogP contribution in [-0.4, -0.2) is 6.26 Å². The molecular weight excluding hydrogens is 211 g/mol. The molecule has 0 radical (unpaired) electrons. The molecule has 0 spiro atoms. The highest BCUT2D eigenvalue weighted by Crippen LogP contribution is 2.31. The monoisotopic (exact) mass is 221 g/mol. The van der Waals surface area contributed by atoms with Crippen LogP contribution >= 0.6 is 11.8 Å². The molecule has 0 aliphatic rings. The lowest BCUT2D eigenvalue weighted by Gasteiger charge is -2.10. The van der Waals surface area contributed by atoms with Crippen molar-refractivity contribution in [1.82, 2.24) is 0 Å². The molecule has 5 heteroatoms. The van der Waals surface area contributed by atoms with Gasteiger partial charge in [0.1, 0.15) is 0 Å². The van der Waals surface area contributed by atoms with Crippen LogP contribution < -0.4 is 5.73 Å². The fourth-order valence-corrected chi connectivity index (χ4v) is 1.62. The summed E-state index contributed by atoms with van der Waals surface area (Å²) in [7, 11) is 0. The summed E-state index contributed by atoms with van der Waals surface area (Å²) in [6, 6.07) is 3.40. The molecule has 2 N–H and O–H groups in total. The second-order valence-electron chi connectivity index (χ2n) is 2.84. The largest absolute Gasteiger partial charge is 0.416 e. The lowest BCUT2D eigenvalue weighted by atomic mass is 10.1. The van der Waals surface area contributed by atoms with Crippen molar-refractivity contribution in [2.75, 3.05) is 12.0 Å². The molecular formula is C9H10F3NS. The van der Waals surface area contributed by atoms with Crippen LogP contribution in [0.4, 0.5) is 18.9 Å². The molecule has 0 aromatic heterocycles. The summed E-state index contributed by atoms with van der Waals surface area (Å²) in [5.41, 5.74) is 5.84. The van der Waals surface area contributed by atoms with E-state index in [0.29, 0.717) is 17.0 Å². The summed E-state index contributed by atoms with van der Waals surface area (Å²) in [6.45, 7) is 0. The topological polar surface area (TPSA) is 26.0 Å². The molecule has 78 valence electrons. The van der Waals surface area contributed by atoms with Crippen LogP contribution in [0.3, 0.4) is 0 Å². The Bertz CT molecular complexity index is 322. The number of anilines is 1. The predicted octanol–water partition coefficient (Wildman–Crippen LogP) is 3.15. The fraction of sp³-hybridized carbons (Fsp3) is 0.333. The fourth-order valence-electron chi connectivity index (χ4n) is 1.06. The first-order chi connectivity index (χ1) is 6.45. The van der Waals surface area contributed by atoms with Crippen LogP contribution in [0.5, 0.6) is 0 Å². The minimum absolute atomic E-state index is 0.410. The Kier molecular flexibility index (Phi) is 3.31. The maximum absolute atomic E-state index is 12.3. The normalized spacial score (nSPS) is 11.7. The number of hydrogen-bond donors (Lipinski definition) is 1. The van der Waals surface area contributed by atoms with E-state index >= 15 is 0 Å². The maximum atomic E-state index is 12.3. The van der Waals surface area contributed by atoms with Crippen LogP contribution in [0.1, 0.15) is 11.1 Å². The molecule has 0 amide bonds. The maximum Gasteiger partial charge on any atom is 0.416 e. The van der Waals surface area contributed by atoms with Gasteiger partial charge in [-0.1, -0.05) is 0 Å². The van der Waals surface area contributed by atoms with Gasteiger partial charge in [0.25, 0.3) is 0 Å². The zero-order chi connectivity index (χ0) is 10.8. The zero-order valence-electron chi connectivity index (χ0n) is 7.56. The average molecular weight is 221 g/mol. The SMILES string of the molecule is CSCc1cc(C(F)(F)F)ccc1N. The molecule has 0 aliphatic carbocycles. The van der Waals surface area contributed by atoms with Crippen LogP contribution in [0, 0.1) is 0 Å². The molecule has 0 fully saturated rings. The van der Waals surface area contributed by atoms with Crippen molar-refractivity contribution >= 4 is 17.4 Å². The molecule has 1 nitrogen and oxygen atoms in total. The van der Waals surface area contributed by atoms with E-state index in [9.17, 15) is 13.2 Å². The van der Waals surface area contributed by atoms with Crippen molar-refractivity contribution in [3.63, 3.8) is 0 Å². The van der Waals surface area contributed by atoms with E-state index < -0.39 is 11.7 Å². The van der Waals surface area contributed by atoms with Crippen molar-refractivity contribution in [2.45, 2.75) is 11.9 Å². The van der Waals surface area contributed by atoms with Crippen molar-refractivity contribution in [2.24, 2.45) is 0 Å². The number of nitrogen functional groups attached to an aromatic ring is 1. The number of rotatable bonds is 2. The first-order valence-corrected chi connectivity index (χ1v) is 5.29. The van der Waals surface area contributed by atoms with E-state index in [-0.39, 0.29) is 0 Å². The molecule has 0 saturated heterocycles. The van der Waals surface area contributed by atoms with Gasteiger partial charge in [-0.15, -0.1) is 0 Å². The van der Waals surface area contributed by atoms with Gasteiger partial charge in [-0.2, -0.15) is 24.9 Å². The molecule has 0 heterocycles. The van der Waals surface area contributed by atoms with Gasteiger partial charge < -0.3 is 5.73 Å². The van der Waals surface area contributed by atoms with Crippen molar-refractivity contribution < 1.29 is 13.2 Å². The number of nitrogens with two attached hydrogens (primary N) is 1. The van der Waals surface area contributed by atoms with Crippen molar-refractivity contribution in [1.29, 1.82) is 0 Å². The van der Waals surface area contributed by atoms with Crippen LogP contribution in [0.2, 0.25) is 0 Å². The minimum Gasteiger partial charge on any atom is -0.398 e. The Morgan fingerprint density at radius 2 is 2.00 bits per heavy atom. The van der Waals surface area contributed by atoms with Crippen molar-refractivity contribution in [3.05, 3.63) is 29.3 Å². The van der Waals surface area contributed by atoms with E-state index in [1.165, 1.54) is 17.8 Å². The minimum atomic E-state index is -4.29. The van der Waals surface area contributed by atoms with Crippen LogP contribution in [-0.2, 0) is 11.9 Å². The number of benzene rings is 1. The van der Waals surface area contributed by atoms with E-state index in [1.54, 1.807) is 0 Å². The second kappa shape index (κ2) is 4.13. The van der Waals surface area contributed by atoms with E-state index in [1.807, 2.05) is 6.26 Å². The van der Waals surface area contributed by atoms with Gasteiger partial charge in [0.15, 0.2) is 0 Å². The summed E-state index contributed by atoms with van der Waals surface area (Å²) < 4.78 is 36.9. The molecule has 0 bridgehead atoms. The lowest BCUT2D eigenvalue weighted by molar-refractivity contribution is -0.137. The highest BCUT2D eigenvalue weighted by atomic mass is 32.2. The number of halogens is 3. The highest BCUT2D eigenvalue weighted by molar-refractivity contribution is 7.97. The van der Waals surface area contributed by atoms with Crippen LogP contribution in [0.15, 0.2) is 18.2 Å². The van der Waals surface area contributed by atoms with E-state index in [4.69, 9.17) is 5.73 Å². The van der Waals surface area contributed by atoms with Gasteiger partial charge in [0, 0.05) is 11.4 Å². The van der Waals surface area contributed by atoms with Gasteiger partial charge in [-0.05, 0) is 30.0 Å². The quantitative estimate of drug-likeness (QED) is 0.776. The van der Waals surface area contributed by atoms with Gasteiger partial charge >= 0.3 is 6.18 Å². The summed E-state index contributed by atoms with van der Waals surface area (Å²) >= 11 is 1.44. The van der Waals surface area contributed by atoms with Crippen molar-refractivity contribution in [3.8, 4) is 0 Å². The molecule has 1 aromatic carbocycles. The zero-order valence-corrected chi connectivity index (χ0v) is 8.38. The molecule has 14 heavy (non-hydrogen) atoms. The third-order valence-corrected chi connectivity index (χ3v) is 2.37. The lowest BCUT2D eigenvalue weighted by Crippen LogP contribution is -2.06. The Labute approximate surface area is 84.5 Å². The standard InChI is InChI=1S/C9H10F3NS/c1-14-5-6-4-7(9(10,11)12)2-3-8(6)13/h2-4H,5,13H2,1H3. The van der Waals surface area contributed by atoms with Gasteiger partial charge in [-0.3, -0.25) is 0 Å². The first-order valence-electron chi connectivity index (χ1n) is 3.89. The molecule has 1 aromatic rings. The predicted molar refractivity (Wildman–Crippen MR) is 53.1 cm³/mol. The third kappa shape index (κ3) is 2.57. The summed E-state index contributed by atoms with van der Waals surface area (Å²) in [6.07, 6.45) is -2.47. The molecule has 0 saturated carbocycles. The highest BCUT2D eigenvalue weighted by Gasteiger charge is 2.30. The van der Waals surface area contributed by atoms with E-state index in [0.717, 1.165) is 12.1 Å². The Morgan fingerprint density at radius 1 is 1.36 bits per heavy atom. The average Bonchev–Trinajstić information content (AvgIpc) is 2.07. The summed E-state index contributed by atoms with van der Waals surface area (Å²) in [5, 5.41) is 0. The van der Waals surface area contributed by atoms with Gasteiger partial charge in [0.2, 0.25) is 0 Å². The molecule has 0 aliphatic heterocycles. The number of alkyl halides is 3. The Balaban J connectivity index is 3.06. The first kappa shape index (κ1) is 11.2. The number of thioether (sulfide) groups is 1. The summed E-state index contributed by atoms with van der Waals surface area (Å²) in [5.74, 6) is 0.496.